The summed E-state index contributed by atoms with van der Waals surface area (Å²) < 4.78 is 0. The van der Waals surface area contributed by atoms with Crippen LogP contribution in [-0.4, -0.2) is 73.6 Å². The molecule has 1 aromatic heterocycles. The molecule has 0 spiro atoms. The number of halogens is 1. The first-order valence-corrected chi connectivity index (χ1v) is 9.89. The second-order valence-electron chi connectivity index (χ2n) is 8.28. The highest BCUT2D eigenvalue weighted by atomic mass is 127. The highest BCUT2D eigenvalue weighted by Crippen LogP contribution is 2.29. The molecule has 0 atom stereocenters. The topological polar surface area (TPSA) is 47.0 Å². The fraction of sp³-hybridized carbons (Fsp3) is 0.700. The molecule has 3 rings (SSSR count). The maximum absolute atomic E-state index is 4.96. The second kappa shape index (κ2) is 9.91. The third-order valence-electron chi connectivity index (χ3n) is 5.38. The Morgan fingerprint density at radius 2 is 1.96 bits per heavy atom. The number of aromatic nitrogens is 1. The van der Waals surface area contributed by atoms with Crippen LogP contribution in [-0.2, 0) is 6.54 Å². The van der Waals surface area contributed by atoms with Crippen molar-refractivity contribution in [1.82, 2.24) is 20.1 Å². The number of rotatable bonds is 4. The van der Waals surface area contributed by atoms with Crippen LogP contribution in [0.3, 0.4) is 0 Å². The quantitative estimate of drug-likeness (QED) is 0.403. The van der Waals surface area contributed by atoms with Gasteiger partial charge in [-0.05, 0) is 31.9 Å². The van der Waals surface area contributed by atoms with Gasteiger partial charge >= 0.3 is 0 Å². The SMILES string of the molecule is CCNC(=NCc1cccnc1N1CCN(C)CC1)N1CCC(C)(C)C1.I. The summed E-state index contributed by atoms with van der Waals surface area (Å²) in [6.45, 7) is 14.8. The summed E-state index contributed by atoms with van der Waals surface area (Å²) in [5.74, 6) is 2.13. The average molecular weight is 486 g/mol. The van der Waals surface area contributed by atoms with Crippen LogP contribution in [0.25, 0.3) is 0 Å². The van der Waals surface area contributed by atoms with E-state index >= 15 is 0 Å². The van der Waals surface area contributed by atoms with Crippen molar-refractivity contribution in [3.05, 3.63) is 23.9 Å². The maximum atomic E-state index is 4.96. The van der Waals surface area contributed by atoms with Crippen LogP contribution in [0.5, 0.6) is 0 Å². The molecule has 152 valence electrons. The molecule has 0 bridgehead atoms. The molecular formula is C20H35IN6. The van der Waals surface area contributed by atoms with Crippen molar-refractivity contribution in [2.45, 2.75) is 33.7 Å². The van der Waals surface area contributed by atoms with Gasteiger partial charge in [0.15, 0.2) is 5.96 Å². The molecular weight excluding hydrogens is 451 g/mol. The van der Waals surface area contributed by atoms with E-state index < -0.39 is 0 Å². The predicted molar refractivity (Wildman–Crippen MR) is 124 cm³/mol. The largest absolute Gasteiger partial charge is 0.357 e. The molecule has 7 heteroatoms. The molecule has 6 nitrogen and oxygen atoms in total. The lowest BCUT2D eigenvalue weighted by Gasteiger charge is -2.34. The molecule has 0 aromatic carbocycles. The molecule has 2 aliphatic heterocycles. The van der Waals surface area contributed by atoms with Gasteiger partial charge in [0.2, 0.25) is 0 Å². The monoisotopic (exact) mass is 486 g/mol. The van der Waals surface area contributed by atoms with E-state index in [1.807, 2.05) is 12.3 Å². The summed E-state index contributed by atoms with van der Waals surface area (Å²) in [6.07, 6.45) is 3.12. The third kappa shape index (κ3) is 5.94. The summed E-state index contributed by atoms with van der Waals surface area (Å²) in [5, 5.41) is 3.47. The molecule has 0 amide bonds. The molecule has 0 saturated carbocycles. The van der Waals surface area contributed by atoms with Gasteiger partial charge in [-0.15, -0.1) is 24.0 Å². The van der Waals surface area contributed by atoms with Gasteiger partial charge in [-0.1, -0.05) is 19.9 Å². The molecule has 0 unspecified atom stereocenters. The maximum Gasteiger partial charge on any atom is 0.194 e. The molecule has 0 aliphatic carbocycles. The second-order valence-corrected chi connectivity index (χ2v) is 8.28. The molecule has 3 heterocycles. The summed E-state index contributed by atoms with van der Waals surface area (Å²) >= 11 is 0. The molecule has 1 aromatic rings. The Bertz CT molecular complexity index is 625. The molecule has 2 fully saturated rings. The lowest BCUT2D eigenvalue weighted by atomic mass is 9.93. The van der Waals surface area contributed by atoms with Crippen LogP contribution in [0.15, 0.2) is 23.3 Å². The van der Waals surface area contributed by atoms with Crippen LogP contribution in [0, 0.1) is 5.41 Å². The van der Waals surface area contributed by atoms with E-state index in [0.717, 1.165) is 57.6 Å². The number of nitrogens with zero attached hydrogens (tertiary/aromatic N) is 5. The van der Waals surface area contributed by atoms with Crippen molar-refractivity contribution in [2.24, 2.45) is 10.4 Å². The first-order valence-electron chi connectivity index (χ1n) is 9.89. The number of piperazine rings is 1. The van der Waals surface area contributed by atoms with Crippen LogP contribution in [0.4, 0.5) is 5.82 Å². The number of hydrogen-bond donors (Lipinski definition) is 1. The Kier molecular flexibility index (Phi) is 8.15. The van der Waals surface area contributed by atoms with E-state index in [1.165, 1.54) is 12.0 Å². The number of hydrogen-bond acceptors (Lipinski definition) is 4. The lowest BCUT2D eigenvalue weighted by Crippen LogP contribution is -2.45. The number of anilines is 1. The van der Waals surface area contributed by atoms with Crippen LogP contribution in [0.1, 0.15) is 32.8 Å². The molecule has 27 heavy (non-hydrogen) atoms. The number of aliphatic imine (C=N–C) groups is 1. The number of guanidine groups is 1. The van der Waals surface area contributed by atoms with Gasteiger partial charge in [0.25, 0.3) is 0 Å². The van der Waals surface area contributed by atoms with E-state index in [-0.39, 0.29) is 24.0 Å². The standard InChI is InChI=1S/C20H34N6.HI/c1-5-21-19(26-10-8-20(2,3)16-26)23-15-17-7-6-9-22-18(17)25-13-11-24(4)12-14-25;/h6-7,9H,5,8,10-16H2,1-4H3,(H,21,23);1H. The Morgan fingerprint density at radius 1 is 1.22 bits per heavy atom. The fourth-order valence-electron chi connectivity index (χ4n) is 3.74. The third-order valence-corrected chi connectivity index (χ3v) is 5.38. The van der Waals surface area contributed by atoms with Gasteiger partial charge in [-0.25, -0.2) is 9.98 Å². The Hall–Kier alpha value is -1.09. The number of likely N-dealkylation sites (tertiary alicyclic amines) is 1. The minimum Gasteiger partial charge on any atom is -0.357 e. The van der Waals surface area contributed by atoms with Gasteiger partial charge < -0.3 is 20.0 Å². The highest BCUT2D eigenvalue weighted by Gasteiger charge is 2.31. The minimum atomic E-state index is 0. The average Bonchev–Trinajstić information content (AvgIpc) is 2.99. The van der Waals surface area contributed by atoms with Crippen molar-refractivity contribution in [1.29, 1.82) is 0 Å². The van der Waals surface area contributed by atoms with E-state index in [1.54, 1.807) is 0 Å². The zero-order valence-electron chi connectivity index (χ0n) is 17.2. The van der Waals surface area contributed by atoms with Gasteiger partial charge in [-0.2, -0.15) is 0 Å². The molecule has 2 saturated heterocycles. The van der Waals surface area contributed by atoms with Crippen molar-refractivity contribution in [3.8, 4) is 0 Å². The van der Waals surface area contributed by atoms with Crippen LogP contribution in [0.2, 0.25) is 0 Å². The molecule has 2 aliphatic rings. The Balaban J connectivity index is 0.00000261. The zero-order chi connectivity index (χ0) is 18.6. The smallest absolute Gasteiger partial charge is 0.194 e. The van der Waals surface area contributed by atoms with Crippen molar-refractivity contribution in [2.75, 3.05) is 57.8 Å². The number of nitrogens with one attached hydrogen (secondary N) is 1. The van der Waals surface area contributed by atoms with E-state index in [4.69, 9.17) is 4.99 Å². The number of pyridine rings is 1. The van der Waals surface area contributed by atoms with Gasteiger partial charge in [0.1, 0.15) is 5.82 Å². The van der Waals surface area contributed by atoms with Crippen LogP contribution < -0.4 is 10.2 Å². The molecule has 0 radical (unpaired) electrons. The fourth-order valence-corrected chi connectivity index (χ4v) is 3.74. The minimum absolute atomic E-state index is 0. The van der Waals surface area contributed by atoms with E-state index in [0.29, 0.717) is 12.0 Å². The summed E-state index contributed by atoms with van der Waals surface area (Å²) in [6, 6.07) is 4.19. The zero-order valence-corrected chi connectivity index (χ0v) is 19.6. The Morgan fingerprint density at radius 3 is 2.59 bits per heavy atom. The van der Waals surface area contributed by atoms with Crippen LogP contribution >= 0.6 is 24.0 Å². The van der Waals surface area contributed by atoms with Crippen molar-refractivity contribution in [3.63, 3.8) is 0 Å². The van der Waals surface area contributed by atoms with Gasteiger partial charge in [-0.3, -0.25) is 0 Å². The number of likely N-dealkylation sites (N-methyl/N-ethyl adjacent to an activating group) is 1. The summed E-state index contributed by atoms with van der Waals surface area (Å²) in [7, 11) is 2.18. The normalized spacial score (nSPS) is 20.5. The van der Waals surface area contributed by atoms with Gasteiger partial charge in [0, 0.05) is 57.6 Å². The predicted octanol–water partition coefficient (Wildman–Crippen LogP) is 2.65. The van der Waals surface area contributed by atoms with Crippen molar-refractivity contribution < 1.29 is 0 Å². The van der Waals surface area contributed by atoms with Gasteiger partial charge in [0.05, 0.1) is 6.54 Å². The summed E-state index contributed by atoms with van der Waals surface area (Å²) in [4.78, 5) is 16.8. The van der Waals surface area contributed by atoms with E-state index in [2.05, 4.69) is 58.9 Å². The molecule has 1 N–H and O–H groups in total. The van der Waals surface area contributed by atoms with E-state index in [9.17, 15) is 0 Å². The Labute approximate surface area is 181 Å². The highest BCUT2D eigenvalue weighted by molar-refractivity contribution is 14.0. The van der Waals surface area contributed by atoms with Crippen molar-refractivity contribution >= 4 is 35.8 Å². The first kappa shape index (κ1) is 22.2. The first-order chi connectivity index (χ1) is 12.5. The lowest BCUT2D eigenvalue weighted by molar-refractivity contribution is 0.312. The summed E-state index contributed by atoms with van der Waals surface area (Å²) in [5.41, 5.74) is 1.58.